The summed E-state index contributed by atoms with van der Waals surface area (Å²) in [5.41, 5.74) is 2.57. The van der Waals surface area contributed by atoms with Crippen LogP contribution in [-0.2, 0) is 15.9 Å². The van der Waals surface area contributed by atoms with Gasteiger partial charge in [-0.25, -0.2) is 4.21 Å². The lowest BCUT2D eigenvalue weighted by atomic mass is 10.1. The van der Waals surface area contributed by atoms with E-state index in [1.54, 1.807) is 24.3 Å². The van der Waals surface area contributed by atoms with Crippen LogP contribution in [0.2, 0.25) is 5.02 Å². The van der Waals surface area contributed by atoms with E-state index in [2.05, 4.69) is 5.32 Å². The van der Waals surface area contributed by atoms with E-state index in [0.29, 0.717) is 18.0 Å². The molecular formula is C17H17ClN2O3S. The molecule has 0 amide bonds. The van der Waals surface area contributed by atoms with Gasteiger partial charge in [-0.05, 0) is 36.2 Å². The van der Waals surface area contributed by atoms with E-state index in [-0.39, 0.29) is 0 Å². The average molecular weight is 365 g/mol. The van der Waals surface area contributed by atoms with Crippen LogP contribution in [0.15, 0.2) is 48.5 Å². The van der Waals surface area contributed by atoms with Crippen LogP contribution in [0.1, 0.15) is 17.2 Å². The Balaban J connectivity index is 1.78. The molecule has 1 aliphatic heterocycles. The van der Waals surface area contributed by atoms with E-state index >= 15 is 0 Å². The van der Waals surface area contributed by atoms with E-state index in [4.69, 9.17) is 11.6 Å². The van der Waals surface area contributed by atoms with Crippen molar-refractivity contribution in [2.75, 3.05) is 16.8 Å². The first-order valence-electron chi connectivity index (χ1n) is 7.53. The van der Waals surface area contributed by atoms with Gasteiger partial charge < -0.3 is 14.8 Å². The molecule has 0 bridgehead atoms. The van der Waals surface area contributed by atoms with Gasteiger partial charge in [0.15, 0.2) is 23.5 Å². The van der Waals surface area contributed by atoms with E-state index < -0.39 is 22.5 Å². The molecule has 3 unspecified atom stereocenters. The molecule has 5 nitrogen and oxygen atoms in total. The molecule has 3 rings (SSSR count). The molecule has 0 aliphatic carbocycles. The number of fused-ring (bicyclic) bond motifs is 1. The SMILES string of the molecule is O=CC1Nc2ccccc2N1CCC(c1ccc(Cl)cc1)S(=O)O. The van der Waals surface area contributed by atoms with Crippen molar-refractivity contribution in [1.82, 2.24) is 0 Å². The van der Waals surface area contributed by atoms with Gasteiger partial charge in [0, 0.05) is 11.6 Å². The molecule has 0 saturated heterocycles. The number of nitrogens with zero attached hydrogens (tertiary/aromatic N) is 1. The first-order chi connectivity index (χ1) is 11.6. The molecule has 126 valence electrons. The standard InChI is InChI=1S/C17H17ClN2O3S/c18-13-7-5-12(6-8-13)16(24(22)23)9-10-20-15-4-2-1-3-14(15)19-17(20)11-21/h1-8,11,16-17,19H,9-10H2,(H,22,23). The highest BCUT2D eigenvalue weighted by Gasteiger charge is 2.29. The van der Waals surface area contributed by atoms with Gasteiger partial charge in [-0.15, -0.1) is 0 Å². The van der Waals surface area contributed by atoms with Crippen LogP contribution in [0.3, 0.4) is 0 Å². The van der Waals surface area contributed by atoms with Crippen LogP contribution in [0, 0.1) is 0 Å². The highest BCUT2D eigenvalue weighted by Crippen LogP contribution is 2.35. The molecule has 2 N–H and O–H groups in total. The minimum absolute atomic E-state index is 0.436. The number of para-hydroxylation sites is 2. The Hall–Kier alpha value is -1.89. The van der Waals surface area contributed by atoms with E-state index in [1.807, 2.05) is 29.2 Å². The highest BCUT2D eigenvalue weighted by atomic mass is 35.5. The minimum Gasteiger partial charge on any atom is -0.358 e. The summed E-state index contributed by atoms with van der Waals surface area (Å²) in [5.74, 6) is 0. The lowest BCUT2D eigenvalue weighted by Gasteiger charge is -2.25. The lowest BCUT2D eigenvalue weighted by Crippen LogP contribution is -2.38. The van der Waals surface area contributed by atoms with Crippen LogP contribution in [0.25, 0.3) is 0 Å². The summed E-state index contributed by atoms with van der Waals surface area (Å²) in [5, 5.41) is 3.18. The second-order valence-corrected chi connectivity index (χ2v) is 7.10. The van der Waals surface area contributed by atoms with Crippen LogP contribution in [-0.4, -0.2) is 27.8 Å². The zero-order valence-electron chi connectivity index (χ0n) is 12.8. The minimum atomic E-state index is -2.01. The molecule has 24 heavy (non-hydrogen) atoms. The number of benzene rings is 2. The van der Waals surface area contributed by atoms with Gasteiger partial charge in [0.25, 0.3) is 0 Å². The van der Waals surface area contributed by atoms with Gasteiger partial charge >= 0.3 is 0 Å². The fourth-order valence-corrected chi connectivity index (χ4v) is 3.74. The number of carbonyl (C=O) groups excluding carboxylic acids is 1. The van der Waals surface area contributed by atoms with Crippen LogP contribution >= 0.6 is 11.6 Å². The molecule has 1 heterocycles. The monoisotopic (exact) mass is 364 g/mol. The third-order valence-corrected chi connectivity index (χ3v) is 5.35. The van der Waals surface area contributed by atoms with Crippen molar-refractivity contribution in [2.45, 2.75) is 17.8 Å². The fraction of sp³-hybridized carbons (Fsp3) is 0.235. The van der Waals surface area contributed by atoms with Crippen LogP contribution in [0.4, 0.5) is 11.4 Å². The van der Waals surface area contributed by atoms with Crippen molar-refractivity contribution >= 4 is 40.3 Å². The Morgan fingerprint density at radius 2 is 1.96 bits per heavy atom. The molecule has 0 radical (unpaired) electrons. The van der Waals surface area contributed by atoms with Gasteiger partial charge in [0.1, 0.15) is 0 Å². The molecular weight excluding hydrogens is 348 g/mol. The maximum absolute atomic E-state index is 11.8. The van der Waals surface area contributed by atoms with Gasteiger partial charge in [-0.3, -0.25) is 4.79 Å². The van der Waals surface area contributed by atoms with Crippen LogP contribution < -0.4 is 10.2 Å². The molecule has 2 aromatic rings. The number of nitrogens with one attached hydrogen (secondary N) is 1. The first-order valence-corrected chi connectivity index (χ1v) is 9.07. The summed E-state index contributed by atoms with van der Waals surface area (Å²) in [6, 6.07) is 14.6. The highest BCUT2D eigenvalue weighted by molar-refractivity contribution is 7.79. The van der Waals surface area contributed by atoms with E-state index in [1.165, 1.54) is 0 Å². The zero-order chi connectivity index (χ0) is 17.1. The number of hydrogen-bond donors (Lipinski definition) is 2. The number of rotatable bonds is 6. The molecule has 3 atom stereocenters. The van der Waals surface area contributed by atoms with Gasteiger partial charge in [0.05, 0.1) is 16.6 Å². The molecule has 1 aliphatic rings. The first kappa shape index (κ1) is 17.0. The zero-order valence-corrected chi connectivity index (χ0v) is 14.3. The van der Waals surface area contributed by atoms with Crippen LogP contribution in [0.5, 0.6) is 0 Å². The Kier molecular flexibility index (Phi) is 5.18. The Morgan fingerprint density at radius 1 is 1.25 bits per heavy atom. The smallest absolute Gasteiger partial charge is 0.162 e. The molecule has 7 heteroatoms. The summed E-state index contributed by atoms with van der Waals surface area (Å²) >= 11 is 3.87. The topological polar surface area (TPSA) is 69.6 Å². The van der Waals surface area contributed by atoms with Crippen molar-refractivity contribution in [1.29, 1.82) is 0 Å². The second kappa shape index (κ2) is 7.34. The number of aldehydes is 1. The maximum atomic E-state index is 11.8. The number of hydrogen-bond acceptors (Lipinski definition) is 4. The van der Waals surface area contributed by atoms with Crippen molar-refractivity contribution in [2.24, 2.45) is 0 Å². The summed E-state index contributed by atoms with van der Waals surface area (Å²) in [4.78, 5) is 13.3. The number of anilines is 2. The van der Waals surface area contributed by atoms with Gasteiger partial charge in [0.2, 0.25) is 0 Å². The summed E-state index contributed by atoms with van der Waals surface area (Å²) < 4.78 is 21.4. The van der Waals surface area contributed by atoms with Crippen molar-refractivity contribution in [3.05, 3.63) is 59.1 Å². The maximum Gasteiger partial charge on any atom is 0.162 e. The molecule has 0 spiro atoms. The van der Waals surface area contributed by atoms with E-state index in [0.717, 1.165) is 23.2 Å². The lowest BCUT2D eigenvalue weighted by molar-refractivity contribution is -0.108. The summed E-state index contributed by atoms with van der Waals surface area (Å²) in [7, 11) is 0. The quantitative estimate of drug-likeness (QED) is 0.607. The Morgan fingerprint density at radius 3 is 2.62 bits per heavy atom. The molecule has 2 aromatic carbocycles. The molecule has 0 fully saturated rings. The second-order valence-electron chi connectivity index (χ2n) is 5.54. The largest absolute Gasteiger partial charge is 0.358 e. The average Bonchev–Trinajstić information content (AvgIpc) is 2.94. The predicted octanol–water partition coefficient (Wildman–Crippen LogP) is 3.45. The molecule has 0 saturated carbocycles. The number of carbonyl (C=O) groups is 1. The van der Waals surface area contributed by atoms with Crippen molar-refractivity contribution in [3.8, 4) is 0 Å². The Bertz CT molecular complexity index is 754. The van der Waals surface area contributed by atoms with Gasteiger partial charge in [-0.1, -0.05) is 35.9 Å². The third-order valence-electron chi connectivity index (χ3n) is 4.10. The normalized spacial score (nSPS) is 18.6. The Labute approximate surface area is 147 Å². The van der Waals surface area contributed by atoms with Crippen molar-refractivity contribution in [3.63, 3.8) is 0 Å². The summed E-state index contributed by atoms with van der Waals surface area (Å²) in [6.07, 6.45) is 0.818. The predicted molar refractivity (Wildman–Crippen MR) is 96.8 cm³/mol. The molecule has 0 aromatic heterocycles. The fourth-order valence-electron chi connectivity index (χ4n) is 2.92. The van der Waals surface area contributed by atoms with Gasteiger partial charge in [-0.2, -0.15) is 0 Å². The third kappa shape index (κ3) is 3.45. The van der Waals surface area contributed by atoms with Crippen molar-refractivity contribution < 1.29 is 13.6 Å². The summed E-state index contributed by atoms with van der Waals surface area (Å²) in [6.45, 7) is 0.479. The van der Waals surface area contributed by atoms with E-state index in [9.17, 15) is 13.6 Å². The number of halogens is 1.